The number of rotatable bonds is 4. The summed E-state index contributed by atoms with van der Waals surface area (Å²) >= 11 is 11.6. The SMILES string of the molecule is Nc1c(Nc2ccc(Cl)cn2)ncnc1Nc1ccc(Cl)cn1. The van der Waals surface area contributed by atoms with Crippen LogP contribution in [0.15, 0.2) is 43.0 Å². The number of nitrogen functional groups attached to an aromatic ring is 1. The lowest BCUT2D eigenvalue weighted by Gasteiger charge is -2.11. The third kappa shape index (κ3) is 3.77. The molecule has 0 aromatic carbocycles. The Morgan fingerprint density at radius 2 is 1.22 bits per heavy atom. The smallest absolute Gasteiger partial charge is 0.160 e. The first-order valence-corrected chi connectivity index (χ1v) is 7.25. The molecule has 0 fully saturated rings. The Bertz CT molecular complexity index is 741. The molecule has 3 aromatic heterocycles. The Morgan fingerprint density at radius 3 is 1.61 bits per heavy atom. The average molecular weight is 348 g/mol. The molecule has 0 bridgehead atoms. The predicted octanol–water partition coefficient (Wildman–Crippen LogP) is 3.64. The molecule has 23 heavy (non-hydrogen) atoms. The van der Waals surface area contributed by atoms with Crippen LogP contribution in [0.1, 0.15) is 0 Å². The van der Waals surface area contributed by atoms with Crippen molar-refractivity contribution in [3.63, 3.8) is 0 Å². The van der Waals surface area contributed by atoms with Crippen LogP contribution in [-0.4, -0.2) is 19.9 Å². The number of halogens is 2. The molecule has 0 unspecified atom stereocenters. The molecule has 9 heteroatoms. The Balaban J connectivity index is 1.83. The summed E-state index contributed by atoms with van der Waals surface area (Å²) in [5.74, 6) is 1.98. The highest BCUT2D eigenvalue weighted by Crippen LogP contribution is 2.27. The van der Waals surface area contributed by atoms with E-state index in [2.05, 4.69) is 30.6 Å². The molecule has 0 amide bonds. The molecule has 3 heterocycles. The first-order valence-electron chi connectivity index (χ1n) is 6.49. The van der Waals surface area contributed by atoms with E-state index in [0.717, 1.165) is 0 Å². The average Bonchev–Trinajstić information content (AvgIpc) is 2.55. The molecule has 0 saturated heterocycles. The van der Waals surface area contributed by atoms with Crippen molar-refractivity contribution in [3.8, 4) is 0 Å². The highest BCUT2D eigenvalue weighted by Gasteiger charge is 2.09. The van der Waals surface area contributed by atoms with Crippen LogP contribution < -0.4 is 16.4 Å². The van der Waals surface area contributed by atoms with Gasteiger partial charge in [-0.15, -0.1) is 0 Å². The quantitative estimate of drug-likeness (QED) is 0.661. The molecule has 116 valence electrons. The van der Waals surface area contributed by atoms with Crippen molar-refractivity contribution in [1.29, 1.82) is 0 Å². The fourth-order valence-electron chi connectivity index (χ4n) is 1.74. The molecule has 7 nitrogen and oxygen atoms in total. The van der Waals surface area contributed by atoms with E-state index in [0.29, 0.717) is 39.0 Å². The molecule has 0 aliphatic carbocycles. The summed E-state index contributed by atoms with van der Waals surface area (Å²) in [6.45, 7) is 0. The lowest BCUT2D eigenvalue weighted by Crippen LogP contribution is -2.06. The van der Waals surface area contributed by atoms with Gasteiger partial charge in [0, 0.05) is 12.4 Å². The molecule has 0 atom stereocenters. The van der Waals surface area contributed by atoms with E-state index in [9.17, 15) is 0 Å². The summed E-state index contributed by atoms with van der Waals surface area (Å²) in [6, 6.07) is 6.87. The maximum absolute atomic E-state index is 6.08. The van der Waals surface area contributed by atoms with Crippen LogP contribution in [0.2, 0.25) is 10.0 Å². The van der Waals surface area contributed by atoms with Gasteiger partial charge in [-0.1, -0.05) is 23.2 Å². The van der Waals surface area contributed by atoms with Gasteiger partial charge < -0.3 is 16.4 Å². The molecule has 0 saturated carbocycles. The Hall–Kier alpha value is -2.64. The van der Waals surface area contributed by atoms with Crippen LogP contribution >= 0.6 is 23.2 Å². The first kappa shape index (κ1) is 15.3. The Labute approximate surface area is 141 Å². The van der Waals surface area contributed by atoms with Gasteiger partial charge in [-0.2, -0.15) is 0 Å². The van der Waals surface area contributed by atoms with Crippen LogP contribution in [-0.2, 0) is 0 Å². The molecule has 0 spiro atoms. The third-order valence-electron chi connectivity index (χ3n) is 2.83. The van der Waals surface area contributed by atoms with Gasteiger partial charge in [0.2, 0.25) is 0 Å². The van der Waals surface area contributed by atoms with Crippen molar-refractivity contribution in [1.82, 2.24) is 19.9 Å². The zero-order chi connectivity index (χ0) is 16.2. The lowest BCUT2D eigenvalue weighted by atomic mass is 10.4. The monoisotopic (exact) mass is 347 g/mol. The number of nitrogens with one attached hydrogen (secondary N) is 2. The predicted molar refractivity (Wildman–Crippen MR) is 91.5 cm³/mol. The summed E-state index contributed by atoms with van der Waals surface area (Å²) in [6.07, 6.45) is 4.43. The molecule has 0 aliphatic rings. The van der Waals surface area contributed by atoms with Crippen LogP contribution in [0.3, 0.4) is 0 Å². The molecule has 3 aromatic rings. The molecular weight excluding hydrogens is 337 g/mol. The van der Waals surface area contributed by atoms with Gasteiger partial charge in [0.05, 0.1) is 10.0 Å². The Kier molecular flexibility index (Phi) is 4.40. The summed E-state index contributed by atoms with van der Waals surface area (Å²) in [7, 11) is 0. The van der Waals surface area contributed by atoms with Crippen molar-refractivity contribution in [3.05, 3.63) is 53.0 Å². The molecule has 4 N–H and O–H groups in total. The highest BCUT2D eigenvalue weighted by atomic mass is 35.5. The Morgan fingerprint density at radius 1 is 0.739 bits per heavy atom. The molecule has 0 radical (unpaired) electrons. The van der Waals surface area contributed by atoms with Gasteiger partial charge in [0.25, 0.3) is 0 Å². The number of nitrogens with zero attached hydrogens (tertiary/aromatic N) is 4. The zero-order valence-corrected chi connectivity index (χ0v) is 13.2. The molecule has 3 rings (SSSR count). The van der Waals surface area contributed by atoms with E-state index < -0.39 is 0 Å². The van der Waals surface area contributed by atoms with Crippen molar-refractivity contribution in [2.45, 2.75) is 0 Å². The second-order valence-electron chi connectivity index (χ2n) is 4.46. The maximum atomic E-state index is 6.08. The van der Waals surface area contributed by atoms with E-state index >= 15 is 0 Å². The number of nitrogens with two attached hydrogens (primary N) is 1. The number of pyridine rings is 2. The standard InChI is InChI=1S/C14H11Cl2N7/c15-8-1-3-10(18-5-8)22-13-12(17)14(21-7-20-13)23-11-4-2-9(16)6-19-11/h1-7H,17H2,(H2,18,19,20,21,22,23). The topological polar surface area (TPSA) is 102 Å². The molecular formula is C14H11Cl2N7. The van der Waals surface area contributed by atoms with E-state index in [1.54, 1.807) is 24.3 Å². The first-order chi connectivity index (χ1) is 11.1. The third-order valence-corrected chi connectivity index (χ3v) is 3.28. The summed E-state index contributed by atoms with van der Waals surface area (Å²) in [4.78, 5) is 16.5. The van der Waals surface area contributed by atoms with Gasteiger partial charge in [-0.05, 0) is 24.3 Å². The van der Waals surface area contributed by atoms with Gasteiger partial charge in [-0.25, -0.2) is 19.9 Å². The molecule has 0 aliphatic heterocycles. The largest absolute Gasteiger partial charge is 0.393 e. The van der Waals surface area contributed by atoms with Gasteiger partial charge in [-0.3, -0.25) is 0 Å². The normalized spacial score (nSPS) is 10.3. The van der Waals surface area contributed by atoms with E-state index in [4.69, 9.17) is 28.9 Å². The summed E-state index contributed by atoms with van der Waals surface area (Å²) in [5, 5.41) is 7.10. The van der Waals surface area contributed by atoms with E-state index in [1.165, 1.54) is 18.7 Å². The van der Waals surface area contributed by atoms with Crippen LogP contribution in [0, 0.1) is 0 Å². The van der Waals surface area contributed by atoms with Crippen molar-refractivity contribution in [2.24, 2.45) is 0 Å². The number of hydrogen-bond donors (Lipinski definition) is 3. The minimum Gasteiger partial charge on any atom is -0.393 e. The second-order valence-corrected chi connectivity index (χ2v) is 5.33. The van der Waals surface area contributed by atoms with Crippen LogP contribution in [0.4, 0.5) is 29.0 Å². The number of aromatic nitrogens is 4. The summed E-state index contributed by atoms with van der Waals surface area (Å²) in [5.41, 5.74) is 6.42. The van der Waals surface area contributed by atoms with Crippen molar-refractivity contribution in [2.75, 3.05) is 16.4 Å². The highest BCUT2D eigenvalue weighted by molar-refractivity contribution is 6.30. The lowest BCUT2D eigenvalue weighted by molar-refractivity contribution is 1.15. The fourth-order valence-corrected chi connectivity index (χ4v) is 1.96. The van der Waals surface area contributed by atoms with E-state index in [-0.39, 0.29) is 0 Å². The van der Waals surface area contributed by atoms with Crippen LogP contribution in [0.5, 0.6) is 0 Å². The van der Waals surface area contributed by atoms with Gasteiger partial charge in [0.1, 0.15) is 23.7 Å². The zero-order valence-electron chi connectivity index (χ0n) is 11.7. The van der Waals surface area contributed by atoms with Gasteiger partial charge >= 0.3 is 0 Å². The van der Waals surface area contributed by atoms with Crippen LogP contribution in [0.25, 0.3) is 0 Å². The van der Waals surface area contributed by atoms with Crippen molar-refractivity contribution >= 4 is 52.2 Å². The minimum atomic E-state index is 0.334. The minimum absolute atomic E-state index is 0.334. The number of hydrogen-bond acceptors (Lipinski definition) is 7. The maximum Gasteiger partial charge on any atom is 0.160 e. The van der Waals surface area contributed by atoms with Gasteiger partial charge in [0.15, 0.2) is 11.6 Å². The van der Waals surface area contributed by atoms with Crippen molar-refractivity contribution < 1.29 is 0 Å². The second kappa shape index (κ2) is 6.64. The van der Waals surface area contributed by atoms with E-state index in [1.807, 2.05) is 0 Å². The summed E-state index contributed by atoms with van der Waals surface area (Å²) < 4.78 is 0. The fraction of sp³-hybridized carbons (Fsp3) is 0. The number of anilines is 5.